The minimum Gasteiger partial charge on any atom is -0.269 e. The molecule has 1 heterocycles. The van der Waals surface area contributed by atoms with E-state index in [4.69, 9.17) is 5.10 Å². The molecule has 0 saturated carbocycles. The summed E-state index contributed by atoms with van der Waals surface area (Å²) in [5.74, 6) is 0.436. The summed E-state index contributed by atoms with van der Waals surface area (Å²) in [4.78, 5) is 0. The molecule has 1 aromatic carbocycles. The molecule has 1 unspecified atom stereocenters. The van der Waals surface area contributed by atoms with Crippen LogP contribution in [0.5, 0.6) is 0 Å². The zero-order chi connectivity index (χ0) is 15.2. The van der Waals surface area contributed by atoms with Crippen molar-refractivity contribution in [3.8, 4) is 0 Å². The third kappa shape index (κ3) is 4.19. The maximum Gasteiger partial charge on any atom is 0.0631 e. The molecule has 0 fully saturated rings. The van der Waals surface area contributed by atoms with Gasteiger partial charge in [0.1, 0.15) is 0 Å². The van der Waals surface area contributed by atoms with E-state index in [0.29, 0.717) is 12.0 Å². The van der Waals surface area contributed by atoms with Crippen molar-refractivity contribution in [3.05, 3.63) is 52.3 Å². The van der Waals surface area contributed by atoms with Gasteiger partial charge in [0.2, 0.25) is 0 Å². The van der Waals surface area contributed by atoms with Gasteiger partial charge in [-0.25, -0.2) is 0 Å². The second kappa shape index (κ2) is 8.14. The molecule has 0 amide bonds. The predicted molar refractivity (Wildman–Crippen MR) is 96.2 cm³/mol. The Morgan fingerprint density at radius 2 is 1.86 bits per heavy atom. The second-order valence-electron chi connectivity index (χ2n) is 5.33. The Bertz CT molecular complexity index is 561. The van der Waals surface area contributed by atoms with E-state index in [2.05, 4.69) is 86.9 Å². The number of benzene rings is 1. The van der Waals surface area contributed by atoms with E-state index in [1.54, 1.807) is 0 Å². The molecule has 2 nitrogen and oxygen atoms in total. The maximum absolute atomic E-state index is 4.78. The molecular formula is C17H22Br2N2. The van der Waals surface area contributed by atoms with Crippen LogP contribution in [0.25, 0.3) is 0 Å². The van der Waals surface area contributed by atoms with Gasteiger partial charge in [-0.05, 0) is 37.0 Å². The summed E-state index contributed by atoms with van der Waals surface area (Å²) in [5, 5.41) is 5.71. The molecule has 0 aliphatic carbocycles. The smallest absolute Gasteiger partial charge is 0.0631 e. The SMILES string of the molecule is CCC(CC)n1ccc(CC(CBr)c2ccccc2Br)n1. The van der Waals surface area contributed by atoms with Crippen LogP contribution >= 0.6 is 31.9 Å². The van der Waals surface area contributed by atoms with Crippen LogP contribution in [-0.4, -0.2) is 15.1 Å². The molecule has 0 spiro atoms. The number of rotatable bonds is 7. The summed E-state index contributed by atoms with van der Waals surface area (Å²) in [6.07, 6.45) is 5.34. The van der Waals surface area contributed by atoms with E-state index in [-0.39, 0.29) is 0 Å². The molecule has 21 heavy (non-hydrogen) atoms. The molecule has 4 heteroatoms. The third-order valence-corrected chi connectivity index (χ3v) is 5.47. The van der Waals surface area contributed by atoms with E-state index in [1.807, 2.05) is 0 Å². The summed E-state index contributed by atoms with van der Waals surface area (Å²) in [7, 11) is 0. The van der Waals surface area contributed by atoms with E-state index in [0.717, 1.165) is 24.6 Å². The lowest BCUT2D eigenvalue weighted by Gasteiger charge is -2.16. The number of hydrogen-bond acceptors (Lipinski definition) is 1. The van der Waals surface area contributed by atoms with E-state index >= 15 is 0 Å². The van der Waals surface area contributed by atoms with Crippen molar-refractivity contribution in [2.75, 3.05) is 5.33 Å². The minimum absolute atomic E-state index is 0.436. The minimum atomic E-state index is 0.436. The fourth-order valence-corrected chi connectivity index (χ4v) is 3.84. The quantitative estimate of drug-likeness (QED) is 0.530. The van der Waals surface area contributed by atoms with E-state index < -0.39 is 0 Å². The van der Waals surface area contributed by atoms with Crippen LogP contribution in [0.2, 0.25) is 0 Å². The molecule has 1 aromatic heterocycles. The number of aromatic nitrogens is 2. The number of hydrogen-bond donors (Lipinski definition) is 0. The molecule has 114 valence electrons. The van der Waals surface area contributed by atoms with Gasteiger partial charge in [-0.3, -0.25) is 4.68 Å². The van der Waals surface area contributed by atoms with Gasteiger partial charge >= 0.3 is 0 Å². The van der Waals surface area contributed by atoms with Crippen LogP contribution in [0.1, 0.15) is 49.9 Å². The highest BCUT2D eigenvalue weighted by Crippen LogP contribution is 2.29. The zero-order valence-electron chi connectivity index (χ0n) is 12.6. The summed E-state index contributed by atoms with van der Waals surface area (Å²) >= 11 is 7.31. The molecular weight excluding hydrogens is 392 g/mol. The molecule has 0 aliphatic heterocycles. The highest BCUT2D eigenvalue weighted by atomic mass is 79.9. The molecule has 0 saturated heterocycles. The van der Waals surface area contributed by atoms with Crippen LogP contribution in [0.3, 0.4) is 0 Å². The summed E-state index contributed by atoms with van der Waals surface area (Å²) in [6.45, 7) is 4.44. The first-order valence-corrected chi connectivity index (χ1v) is 9.45. The topological polar surface area (TPSA) is 17.8 Å². The van der Waals surface area contributed by atoms with Crippen LogP contribution in [0.15, 0.2) is 41.0 Å². The van der Waals surface area contributed by atoms with Gasteiger partial charge in [-0.15, -0.1) is 0 Å². The molecule has 1 atom stereocenters. The number of alkyl halides is 1. The fraction of sp³-hybridized carbons (Fsp3) is 0.471. The van der Waals surface area contributed by atoms with Gasteiger partial charge < -0.3 is 0 Å². The molecule has 0 N–H and O–H groups in total. The van der Waals surface area contributed by atoms with Crippen LogP contribution in [-0.2, 0) is 6.42 Å². The standard InChI is InChI=1S/C17H22Br2N2/c1-3-15(4-2)21-10-9-14(20-21)11-13(12-18)16-7-5-6-8-17(16)19/h5-10,13,15H,3-4,11-12H2,1-2H3. The lowest BCUT2D eigenvalue weighted by atomic mass is 9.96. The van der Waals surface area contributed by atoms with Gasteiger partial charge in [0.15, 0.2) is 0 Å². The molecule has 2 aromatic rings. The molecule has 0 radical (unpaired) electrons. The molecule has 0 aliphatic rings. The van der Waals surface area contributed by atoms with Crippen LogP contribution in [0, 0.1) is 0 Å². The second-order valence-corrected chi connectivity index (χ2v) is 6.84. The Morgan fingerprint density at radius 3 is 2.48 bits per heavy atom. The predicted octanol–water partition coefficient (Wildman–Crippen LogP) is 5.73. The van der Waals surface area contributed by atoms with Crippen molar-refractivity contribution in [2.24, 2.45) is 0 Å². The average molecular weight is 414 g/mol. The van der Waals surface area contributed by atoms with Gasteiger partial charge in [0.25, 0.3) is 0 Å². The Morgan fingerprint density at radius 1 is 1.14 bits per heavy atom. The third-order valence-electron chi connectivity index (χ3n) is 3.97. The van der Waals surface area contributed by atoms with Gasteiger partial charge in [0, 0.05) is 21.9 Å². The Kier molecular flexibility index (Phi) is 6.49. The van der Waals surface area contributed by atoms with Crippen molar-refractivity contribution < 1.29 is 0 Å². The first kappa shape index (κ1) is 16.8. The van der Waals surface area contributed by atoms with Crippen LogP contribution in [0.4, 0.5) is 0 Å². The summed E-state index contributed by atoms with van der Waals surface area (Å²) in [6, 6.07) is 11.1. The zero-order valence-corrected chi connectivity index (χ0v) is 15.8. The fourth-order valence-electron chi connectivity index (χ4n) is 2.66. The largest absolute Gasteiger partial charge is 0.269 e. The molecule has 0 bridgehead atoms. The Balaban J connectivity index is 2.14. The van der Waals surface area contributed by atoms with E-state index in [9.17, 15) is 0 Å². The average Bonchev–Trinajstić information content (AvgIpc) is 2.95. The number of nitrogens with zero attached hydrogens (tertiary/aromatic N) is 2. The molecule has 2 rings (SSSR count). The Hall–Kier alpha value is -0.610. The Labute approximate surface area is 144 Å². The lowest BCUT2D eigenvalue weighted by molar-refractivity contribution is 0.424. The van der Waals surface area contributed by atoms with Crippen molar-refractivity contribution in [2.45, 2.75) is 45.1 Å². The van der Waals surface area contributed by atoms with Crippen molar-refractivity contribution in [1.29, 1.82) is 0 Å². The first-order valence-electron chi connectivity index (χ1n) is 7.54. The maximum atomic E-state index is 4.78. The first-order chi connectivity index (χ1) is 10.2. The highest BCUT2D eigenvalue weighted by Gasteiger charge is 2.16. The van der Waals surface area contributed by atoms with Crippen LogP contribution < -0.4 is 0 Å². The van der Waals surface area contributed by atoms with Crippen molar-refractivity contribution in [1.82, 2.24) is 9.78 Å². The van der Waals surface area contributed by atoms with Crippen molar-refractivity contribution >= 4 is 31.9 Å². The normalized spacial score (nSPS) is 12.8. The summed E-state index contributed by atoms with van der Waals surface area (Å²) in [5.41, 5.74) is 2.51. The van der Waals surface area contributed by atoms with E-state index in [1.165, 1.54) is 15.7 Å². The van der Waals surface area contributed by atoms with Gasteiger partial charge in [-0.1, -0.05) is 63.9 Å². The van der Waals surface area contributed by atoms with Gasteiger partial charge in [-0.2, -0.15) is 5.10 Å². The monoisotopic (exact) mass is 412 g/mol. The number of halogens is 2. The lowest BCUT2D eigenvalue weighted by Crippen LogP contribution is -2.10. The summed E-state index contributed by atoms with van der Waals surface area (Å²) < 4.78 is 3.30. The highest BCUT2D eigenvalue weighted by molar-refractivity contribution is 9.10. The van der Waals surface area contributed by atoms with Crippen molar-refractivity contribution in [3.63, 3.8) is 0 Å². The van der Waals surface area contributed by atoms with Gasteiger partial charge in [0.05, 0.1) is 11.7 Å².